The quantitative estimate of drug-likeness (QED) is 0.286. The highest BCUT2D eigenvalue weighted by Gasteiger charge is 2.28. The zero-order valence-electron chi connectivity index (χ0n) is 21.4. The molecule has 0 aliphatic carbocycles. The summed E-state index contributed by atoms with van der Waals surface area (Å²) >= 11 is 0. The Morgan fingerprint density at radius 3 is 1.97 bits per heavy atom. The molecule has 0 saturated heterocycles. The molecule has 0 radical (unpaired) electrons. The molecule has 0 fully saturated rings. The number of hydrogen-bond acceptors (Lipinski definition) is 2. The van der Waals surface area contributed by atoms with E-state index >= 15 is 0 Å². The number of hydrogen-bond donors (Lipinski definition) is 1. The van der Waals surface area contributed by atoms with E-state index in [1.165, 1.54) is 16.3 Å². The van der Waals surface area contributed by atoms with Crippen LogP contribution < -0.4 is 5.32 Å². The standard InChI is InChI=1S/C32H36N2O/c1-22(2)34(23(3)4)32(35)30-18-12-11-17-29(30)24(5)31(26-14-7-6-8-15-26)33-28-20-19-25-13-9-10-16-27(25)21-28/h6-24,31,33H,1-5H3/t24-,31-/m0/s1. The van der Waals surface area contributed by atoms with Gasteiger partial charge in [0.15, 0.2) is 0 Å². The first-order valence-corrected chi connectivity index (χ1v) is 12.6. The largest absolute Gasteiger partial charge is 0.378 e. The van der Waals surface area contributed by atoms with Crippen molar-refractivity contribution in [2.45, 2.75) is 58.7 Å². The van der Waals surface area contributed by atoms with E-state index in [1.54, 1.807) is 0 Å². The lowest BCUT2D eigenvalue weighted by Crippen LogP contribution is -2.42. The molecule has 180 valence electrons. The average Bonchev–Trinajstić information content (AvgIpc) is 2.87. The molecule has 3 nitrogen and oxygen atoms in total. The lowest BCUT2D eigenvalue weighted by molar-refractivity contribution is 0.0642. The van der Waals surface area contributed by atoms with Crippen LogP contribution in [0.1, 0.15) is 68.1 Å². The molecular weight excluding hydrogens is 428 g/mol. The second-order valence-corrected chi connectivity index (χ2v) is 9.87. The van der Waals surface area contributed by atoms with E-state index in [0.29, 0.717) is 0 Å². The Kier molecular flexibility index (Phi) is 7.55. The lowest BCUT2D eigenvalue weighted by atomic mass is 9.85. The fourth-order valence-corrected chi connectivity index (χ4v) is 5.09. The van der Waals surface area contributed by atoms with Gasteiger partial charge in [0.1, 0.15) is 0 Å². The number of amides is 1. The maximum absolute atomic E-state index is 13.7. The lowest BCUT2D eigenvalue weighted by Gasteiger charge is -2.33. The molecule has 0 aromatic heterocycles. The Balaban J connectivity index is 1.74. The maximum atomic E-state index is 13.7. The van der Waals surface area contributed by atoms with Crippen LogP contribution in [0, 0.1) is 0 Å². The molecule has 3 heteroatoms. The first-order valence-electron chi connectivity index (χ1n) is 12.6. The van der Waals surface area contributed by atoms with Crippen molar-refractivity contribution in [3.05, 3.63) is 114 Å². The molecule has 1 amide bonds. The predicted octanol–water partition coefficient (Wildman–Crippen LogP) is 8.06. The van der Waals surface area contributed by atoms with Gasteiger partial charge in [-0.2, -0.15) is 0 Å². The SMILES string of the molecule is CC(C)N(C(=O)c1ccccc1[C@H](C)[C@H](Nc1ccc2ccccc2c1)c1ccccc1)C(C)C. The second kappa shape index (κ2) is 10.8. The summed E-state index contributed by atoms with van der Waals surface area (Å²) in [6, 6.07) is 33.8. The number of nitrogens with zero attached hydrogens (tertiary/aromatic N) is 1. The minimum Gasteiger partial charge on any atom is -0.378 e. The van der Waals surface area contributed by atoms with Crippen molar-refractivity contribution in [3.63, 3.8) is 0 Å². The van der Waals surface area contributed by atoms with Crippen LogP contribution in [0.2, 0.25) is 0 Å². The van der Waals surface area contributed by atoms with E-state index in [-0.39, 0.29) is 30.0 Å². The number of carbonyl (C=O) groups excluding carboxylic acids is 1. The molecule has 0 saturated carbocycles. The van der Waals surface area contributed by atoms with Crippen molar-refractivity contribution < 1.29 is 4.79 Å². The number of rotatable bonds is 8. The zero-order valence-corrected chi connectivity index (χ0v) is 21.4. The fourth-order valence-electron chi connectivity index (χ4n) is 5.09. The molecule has 4 aromatic rings. The van der Waals surface area contributed by atoms with Crippen LogP contribution in [-0.4, -0.2) is 22.9 Å². The predicted molar refractivity (Wildman–Crippen MR) is 148 cm³/mol. The van der Waals surface area contributed by atoms with Gasteiger partial charge in [-0.05, 0) is 67.8 Å². The fraction of sp³-hybridized carbons (Fsp3) is 0.281. The Labute approximate surface area is 209 Å². The van der Waals surface area contributed by atoms with Gasteiger partial charge in [-0.15, -0.1) is 0 Å². The van der Waals surface area contributed by atoms with E-state index in [4.69, 9.17) is 0 Å². The zero-order chi connectivity index (χ0) is 24.9. The molecule has 2 atom stereocenters. The second-order valence-electron chi connectivity index (χ2n) is 9.87. The molecule has 0 aliphatic heterocycles. The molecule has 4 rings (SSSR count). The minimum absolute atomic E-state index is 0.00198. The summed E-state index contributed by atoms with van der Waals surface area (Å²) in [7, 11) is 0. The summed E-state index contributed by atoms with van der Waals surface area (Å²) < 4.78 is 0. The van der Waals surface area contributed by atoms with Crippen LogP contribution in [0.4, 0.5) is 5.69 Å². The molecule has 35 heavy (non-hydrogen) atoms. The number of anilines is 1. The van der Waals surface area contributed by atoms with Crippen LogP contribution >= 0.6 is 0 Å². The van der Waals surface area contributed by atoms with Crippen molar-refractivity contribution in [2.75, 3.05) is 5.32 Å². The van der Waals surface area contributed by atoms with Gasteiger partial charge in [-0.25, -0.2) is 0 Å². The summed E-state index contributed by atoms with van der Waals surface area (Å²) in [5.74, 6) is 0.153. The number of benzene rings is 4. The van der Waals surface area contributed by atoms with Gasteiger partial charge in [0.2, 0.25) is 0 Å². The summed E-state index contributed by atoms with van der Waals surface area (Å²) in [5, 5.41) is 6.23. The third-order valence-corrected chi connectivity index (χ3v) is 6.76. The maximum Gasteiger partial charge on any atom is 0.254 e. The van der Waals surface area contributed by atoms with Crippen LogP contribution in [0.25, 0.3) is 10.8 Å². The molecule has 0 aliphatic rings. The summed E-state index contributed by atoms with van der Waals surface area (Å²) in [6.07, 6.45) is 0. The third-order valence-electron chi connectivity index (χ3n) is 6.76. The number of carbonyl (C=O) groups is 1. The van der Waals surface area contributed by atoms with E-state index in [9.17, 15) is 4.79 Å². The van der Waals surface area contributed by atoms with Gasteiger partial charge in [0.25, 0.3) is 5.91 Å². The topological polar surface area (TPSA) is 32.3 Å². The van der Waals surface area contributed by atoms with Crippen LogP contribution in [-0.2, 0) is 0 Å². The highest BCUT2D eigenvalue weighted by molar-refractivity contribution is 5.96. The third kappa shape index (κ3) is 5.40. The Morgan fingerprint density at radius 1 is 0.686 bits per heavy atom. The van der Waals surface area contributed by atoms with Gasteiger partial charge in [0, 0.05) is 29.3 Å². The first kappa shape index (κ1) is 24.5. The van der Waals surface area contributed by atoms with Crippen LogP contribution in [0.3, 0.4) is 0 Å². The molecule has 0 heterocycles. The van der Waals surface area contributed by atoms with Gasteiger partial charge in [0.05, 0.1) is 6.04 Å². The highest BCUT2D eigenvalue weighted by Crippen LogP contribution is 2.36. The summed E-state index contributed by atoms with van der Waals surface area (Å²) in [4.78, 5) is 15.7. The minimum atomic E-state index is -0.00198. The smallest absolute Gasteiger partial charge is 0.254 e. The van der Waals surface area contributed by atoms with Crippen molar-refractivity contribution in [3.8, 4) is 0 Å². The van der Waals surface area contributed by atoms with E-state index in [2.05, 4.69) is 113 Å². The van der Waals surface area contributed by atoms with Crippen LogP contribution in [0.5, 0.6) is 0 Å². The van der Waals surface area contributed by atoms with Crippen molar-refractivity contribution in [1.29, 1.82) is 0 Å². The van der Waals surface area contributed by atoms with Crippen molar-refractivity contribution >= 4 is 22.4 Å². The highest BCUT2D eigenvalue weighted by atomic mass is 16.2. The number of fused-ring (bicyclic) bond motifs is 1. The van der Waals surface area contributed by atoms with Gasteiger partial charge in [-0.1, -0.05) is 85.8 Å². The van der Waals surface area contributed by atoms with Crippen LogP contribution in [0.15, 0.2) is 97.1 Å². The van der Waals surface area contributed by atoms with Gasteiger partial charge < -0.3 is 10.2 Å². The Hall–Kier alpha value is -3.59. The number of nitrogens with one attached hydrogen (secondary N) is 1. The van der Waals surface area contributed by atoms with Crippen molar-refractivity contribution in [2.24, 2.45) is 0 Å². The average molecular weight is 465 g/mol. The van der Waals surface area contributed by atoms with E-state index in [0.717, 1.165) is 16.8 Å². The first-order chi connectivity index (χ1) is 16.9. The van der Waals surface area contributed by atoms with E-state index < -0.39 is 0 Å². The Bertz CT molecular complexity index is 1270. The molecule has 0 bridgehead atoms. The molecule has 1 N–H and O–H groups in total. The molecule has 0 spiro atoms. The van der Waals surface area contributed by atoms with Gasteiger partial charge in [-0.3, -0.25) is 4.79 Å². The normalized spacial score (nSPS) is 13.1. The summed E-state index contributed by atoms with van der Waals surface area (Å²) in [5.41, 5.74) is 4.11. The van der Waals surface area contributed by atoms with Gasteiger partial charge >= 0.3 is 0 Å². The molecular formula is C32H36N2O. The molecule has 4 aromatic carbocycles. The molecule has 0 unspecified atom stereocenters. The Morgan fingerprint density at radius 2 is 1.29 bits per heavy atom. The van der Waals surface area contributed by atoms with Crippen molar-refractivity contribution in [1.82, 2.24) is 4.90 Å². The van der Waals surface area contributed by atoms with E-state index in [1.807, 2.05) is 29.2 Å². The monoisotopic (exact) mass is 464 g/mol. The summed E-state index contributed by atoms with van der Waals surface area (Å²) in [6.45, 7) is 10.5.